The van der Waals surface area contributed by atoms with Gasteiger partial charge in [-0.15, -0.1) is 0 Å². The Morgan fingerprint density at radius 3 is 2.89 bits per heavy atom. The first-order valence-electron chi connectivity index (χ1n) is 6.27. The molecule has 2 aromatic rings. The summed E-state index contributed by atoms with van der Waals surface area (Å²) in [5.41, 5.74) is 0.666. The molecule has 0 bridgehead atoms. The Bertz CT molecular complexity index is 553. The molecule has 0 fully saturated rings. The number of hydrogen-bond acceptors (Lipinski definition) is 2. The van der Waals surface area contributed by atoms with E-state index in [1.807, 2.05) is 36.9 Å². The molecular weight excluding hydrogens is 309 g/mol. The van der Waals surface area contributed by atoms with Gasteiger partial charge >= 0.3 is 0 Å². The third-order valence-corrected chi connectivity index (χ3v) is 3.73. The van der Waals surface area contributed by atoms with Crippen molar-refractivity contribution >= 4 is 15.9 Å². The second-order valence-electron chi connectivity index (χ2n) is 4.41. The van der Waals surface area contributed by atoms with Crippen LogP contribution in [0.4, 0.5) is 4.39 Å². The van der Waals surface area contributed by atoms with Crippen LogP contribution in [0.1, 0.15) is 24.4 Å². The van der Waals surface area contributed by atoms with E-state index in [2.05, 4.69) is 26.2 Å². The number of likely N-dealkylation sites (N-methyl/N-ethyl adjacent to an activating group) is 1. The number of aryl methyl sites for hydroxylation is 1. The van der Waals surface area contributed by atoms with Crippen LogP contribution in [0.2, 0.25) is 0 Å². The number of benzene rings is 1. The largest absolute Gasteiger partial charge is 0.338 e. The molecule has 3 nitrogen and oxygen atoms in total. The monoisotopic (exact) mass is 325 g/mol. The lowest BCUT2D eigenvalue weighted by atomic mass is 10.0. The van der Waals surface area contributed by atoms with Crippen molar-refractivity contribution in [3.63, 3.8) is 0 Å². The van der Waals surface area contributed by atoms with Crippen molar-refractivity contribution in [1.29, 1.82) is 0 Å². The van der Waals surface area contributed by atoms with Crippen LogP contribution >= 0.6 is 15.9 Å². The van der Waals surface area contributed by atoms with Crippen LogP contribution in [0.15, 0.2) is 35.1 Å². The summed E-state index contributed by atoms with van der Waals surface area (Å²) in [5, 5.41) is 3.32. The van der Waals surface area contributed by atoms with Crippen LogP contribution < -0.4 is 5.32 Å². The molecule has 0 aliphatic heterocycles. The van der Waals surface area contributed by atoms with E-state index in [0.29, 0.717) is 16.5 Å². The zero-order chi connectivity index (χ0) is 13.8. The summed E-state index contributed by atoms with van der Waals surface area (Å²) in [7, 11) is 1.95. The Morgan fingerprint density at radius 2 is 2.26 bits per heavy atom. The van der Waals surface area contributed by atoms with Gasteiger partial charge in [0, 0.05) is 37.5 Å². The summed E-state index contributed by atoms with van der Waals surface area (Å²) in [5.74, 6) is 0.730. The maximum atomic E-state index is 14.2. The van der Waals surface area contributed by atoms with Crippen molar-refractivity contribution in [3.05, 3.63) is 52.3 Å². The highest BCUT2D eigenvalue weighted by Crippen LogP contribution is 2.25. The molecular formula is C14H17BrFN3. The number of nitrogens with one attached hydrogen (secondary N) is 1. The predicted molar refractivity (Wildman–Crippen MR) is 77.4 cm³/mol. The molecule has 0 spiro atoms. The molecule has 102 valence electrons. The van der Waals surface area contributed by atoms with Gasteiger partial charge in [-0.1, -0.05) is 19.1 Å². The molecule has 2 rings (SSSR count). The number of rotatable bonds is 5. The molecule has 19 heavy (non-hydrogen) atoms. The highest BCUT2D eigenvalue weighted by Gasteiger charge is 2.18. The predicted octanol–water partition coefficient (Wildman–Crippen LogP) is 3.22. The van der Waals surface area contributed by atoms with Crippen LogP contribution in [0.5, 0.6) is 0 Å². The second-order valence-corrected chi connectivity index (χ2v) is 5.27. The maximum absolute atomic E-state index is 14.2. The lowest BCUT2D eigenvalue weighted by Gasteiger charge is -2.19. The Morgan fingerprint density at radius 1 is 1.47 bits per heavy atom. The van der Waals surface area contributed by atoms with Gasteiger partial charge in [0.1, 0.15) is 11.6 Å². The molecule has 1 N–H and O–H groups in total. The van der Waals surface area contributed by atoms with Crippen molar-refractivity contribution < 1.29 is 4.39 Å². The highest BCUT2D eigenvalue weighted by molar-refractivity contribution is 9.10. The topological polar surface area (TPSA) is 29.9 Å². The fraction of sp³-hybridized carbons (Fsp3) is 0.357. The molecule has 0 amide bonds. The van der Waals surface area contributed by atoms with E-state index < -0.39 is 0 Å². The van der Waals surface area contributed by atoms with Gasteiger partial charge in [0.15, 0.2) is 0 Å². The molecule has 5 heteroatoms. The van der Waals surface area contributed by atoms with Crippen molar-refractivity contribution in [1.82, 2.24) is 14.9 Å². The minimum Gasteiger partial charge on any atom is -0.338 e. The van der Waals surface area contributed by atoms with Gasteiger partial charge < -0.3 is 9.88 Å². The summed E-state index contributed by atoms with van der Waals surface area (Å²) in [4.78, 5) is 4.30. The SMILES string of the molecule is CCNC(Cc1nccn1C)c1cccc(Br)c1F. The van der Waals surface area contributed by atoms with E-state index in [1.54, 1.807) is 12.3 Å². The van der Waals surface area contributed by atoms with E-state index >= 15 is 0 Å². The summed E-state index contributed by atoms with van der Waals surface area (Å²) >= 11 is 3.23. The molecule has 1 aromatic heterocycles. The zero-order valence-corrected chi connectivity index (χ0v) is 12.6. The molecule has 1 unspecified atom stereocenters. The molecule has 1 atom stereocenters. The lowest BCUT2D eigenvalue weighted by Crippen LogP contribution is -2.25. The molecule has 0 saturated heterocycles. The van der Waals surface area contributed by atoms with Crippen molar-refractivity contribution in [2.45, 2.75) is 19.4 Å². The fourth-order valence-corrected chi connectivity index (χ4v) is 2.49. The number of nitrogens with zero attached hydrogens (tertiary/aromatic N) is 2. The standard InChI is InChI=1S/C14H17BrFN3/c1-3-17-12(9-13-18-7-8-19(13)2)10-5-4-6-11(15)14(10)16/h4-8,12,17H,3,9H2,1-2H3. The molecule has 0 radical (unpaired) electrons. The Balaban J connectivity index is 2.29. The van der Waals surface area contributed by atoms with Gasteiger partial charge in [-0.3, -0.25) is 0 Å². The average molecular weight is 326 g/mol. The Hall–Kier alpha value is -1.20. The molecule has 0 aliphatic rings. The minimum atomic E-state index is -0.206. The Kier molecular flexibility index (Phi) is 4.71. The van der Waals surface area contributed by atoms with E-state index in [0.717, 1.165) is 12.4 Å². The molecule has 1 heterocycles. The summed E-state index contributed by atoms with van der Waals surface area (Å²) < 4.78 is 16.6. The van der Waals surface area contributed by atoms with Gasteiger partial charge in [0.25, 0.3) is 0 Å². The number of hydrogen-bond donors (Lipinski definition) is 1. The smallest absolute Gasteiger partial charge is 0.142 e. The molecule has 1 aromatic carbocycles. The van der Waals surface area contributed by atoms with Crippen molar-refractivity contribution in [2.24, 2.45) is 7.05 Å². The van der Waals surface area contributed by atoms with Gasteiger partial charge in [-0.05, 0) is 28.5 Å². The van der Waals surface area contributed by atoms with Crippen LogP contribution in [0.3, 0.4) is 0 Å². The minimum absolute atomic E-state index is 0.0800. The molecule has 0 aliphatic carbocycles. The summed E-state index contributed by atoms with van der Waals surface area (Å²) in [6.45, 7) is 2.79. The first kappa shape index (κ1) is 14.2. The first-order chi connectivity index (χ1) is 9.13. The van der Waals surface area contributed by atoms with Crippen LogP contribution in [0.25, 0.3) is 0 Å². The van der Waals surface area contributed by atoms with Crippen LogP contribution in [-0.2, 0) is 13.5 Å². The van der Waals surface area contributed by atoms with Gasteiger partial charge in [-0.2, -0.15) is 0 Å². The average Bonchev–Trinajstić information content (AvgIpc) is 2.78. The third-order valence-electron chi connectivity index (χ3n) is 3.12. The highest BCUT2D eigenvalue weighted by atomic mass is 79.9. The van der Waals surface area contributed by atoms with Gasteiger partial charge in [0.2, 0.25) is 0 Å². The number of halogens is 2. The van der Waals surface area contributed by atoms with E-state index in [9.17, 15) is 4.39 Å². The second kappa shape index (κ2) is 6.30. The molecule has 0 saturated carbocycles. The maximum Gasteiger partial charge on any atom is 0.142 e. The summed E-state index contributed by atoms with van der Waals surface area (Å²) in [6, 6.07) is 5.30. The van der Waals surface area contributed by atoms with E-state index in [-0.39, 0.29) is 11.9 Å². The Labute approximate surface area is 121 Å². The first-order valence-corrected chi connectivity index (χ1v) is 7.06. The lowest BCUT2D eigenvalue weighted by molar-refractivity contribution is 0.494. The number of aromatic nitrogens is 2. The van der Waals surface area contributed by atoms with Crippen LogP contribution in [-0.4, -0.2) is 16.1 Å². The normalized spacial score (nSPS) is 12.6. The number of imidazole rings is 1. The van der Waals surface area contributed by atoms with Gasteiger partial charge in [-0.25, -0.2) is 9.37 Å². The third kappa shape index (κ3) is 3.22. The fourth-order valence-electron chi connectivity index (χ4n) is 2.10. The van der Waals surface area contributed by atoms with E-state index in [1.165, 1.54) is 0 Å². The van der Waals surface area contributed by atoms with Gasteiger partial charge in [0.05, 0.1) is 4.47 Å². The van der Waals surface area contributed by atoms with Crippen molar-refractivity contribution in [3.8, 4) is 0 Å². The van der Waals surface area contributed by atoms with Crippen molar-refractivity contribution in [2.75, 3.05) is 6.54 Å². The quantitative estimate of drug-likeness (QED) is 0.914. The zero-order valence-electron chi connectivity index (χ0n) is 11.0. The summed E-state index contributed by atoms with van der Waals surface area (Å²) in [6.07, 6.45) is 4.32. The van der Waals surface area contributed by atoms with Crippen LogP contribution in [0, 0.1) is 5.82 Å². The van der Waals surface area contributed by atoms with E-state index in [4.69, 9.17) is 0 Å².